The average Bonchev–Trinajstić information content (AvgIpc) is 2.78. The number of benzene rings is 2. The summed E-state index contributed by atoms with van der Waals surface area (Å²) in [5.41, 5.74) is 2.00. The van der Waals surface area contributed by atoms with Crippen molar-refractivity contribution in [3.8, 4) is 11.1 Å². The first-order valence-electron chi connectivity index (χ1n) is 10.3. The lowest BCUT2D eigenvalue weighted by Gasteiger charge is -2.32. The van der Waals surface area contributed by atoms with Crippen LogP contribution < -0.4 is 0 Å². The van der Waals surface area contributed by atoms with Crippen molar-refractivity contribution in [2.24, 2.45) is 5.92 Å². The van der Waals surface area contributed by atoms with Crippen LogP contribution in [0, 0.1) is 5.92 Å². The van der Waals surface area contributed by atoms with Gasteiger partial charge in [0.2, 0.25) is 5.91 Å². The number of likely N-dealkylation sites (tertiary alicyclic amines) is 1. The van der Waals surface area contributed by atoms with E-state index < -0.39 is 15.1 Å². The molecule has 1 saturated heterocycles. The van der Waals surface area contributed by atoms with Gasteiger partial charge in [0.05, 0.1) is 10.1 Å². The van der Waals surface area contributed by atoms with Crippen LogP contribution in [0.15, 0.2) is 65.8 Å². The van der Waals surface area contributed by atoms with Gasteiger partial charge < -0.3 is 4.90 Å². The maximum Gasteiger partial charge on any atom is 0.225 e. The Balaban J connectivity index is 1.51. The molecule has 1 amide bonds. The van der Waals surface area contributed by atoms with E-state index in [4.69, 9.17) is 0 Å². The van der Waals surface area contributed by atoms with Gasteiger partial charge in [-0.15, -0.1) is 0 Å². The van der Waals surface area contributed by atoms with Crippen LogP contribution in [0.25, 0.3) is 21.9 Å². The number of nitrogens with zero attached hydrogens (tertiary/aromatic N) is 2. The molecule has 1 aromatic heterocycles. The van der Waals surface area contributed by atoms with Gasteiger partial charge in [-0.2, -0.15) is 0 Å². The Morgan fingerprint density at radius 2 is 1.63 bits per heavy atom. The van der Waals surface area contributed by atoms with Crippen molar-refractivity contribution in [2.75, 3.05) is 13.1 Å². The first-order valence-corrected chi connectivity index (χ1v) is 11.9. The standard InChI is InChI=1S/C24H26N2O3S/c1-17(2)24(27)26-13-10-23(11-14-26)30(28,29)22-7-5-18(6-8-22)20-4-3-19-9-12-25-16-21(19)15-20/h3-9,12,15-17,23H,10-11,13-14H2,1-2H3. The van der Waals surface area contributed by atoms with E-state index in [1.165, 1.54) is 0 Å². The molecule has 30 heavy (non-hydrogen) atoms. The molecule has 6 heteroatoms. The molecule has 1 aliphatic rings. The molecule has 0 atom stereocenters. The highest BCUT2D eigenvalue weighted by molar-refractivity contribution is 7.92. The van der Waals surface area contributed by atoms with Crippen LogP contribution in [-0.2, 0) is 14.6 Å². The first-order chi connectivity index (χ1) is 14.4. The smallest absolute Gasteiger partial charge is 0.225 e. The van der Waals surface area contributed by atoms with Crippen LogP contribution >= 0.6 is 0 Å². The van der Waals surface area contributed by atoms with Gasteiger partial charge in [0.15, 0.2) is 9.84 Å². The Bertz CT molecular complexity index is 1160. The maximum atomic E-state index is 13.1. The van der Waals surface area contributed by atoms with Crippen molar-refractivity contribution in [2.45, 2.75) is 36.8 Å². The van der Waals surface area contributed by atoms with Gasteiger partial charge in [-0.05, 0) is 53.6 Å². The molecule has 4 rings (SSSR count). The van der Waals surface area contributed by atoms with E-state index in [-0.39, 0.29) is 11.8 Å². The predicted octanol–water partition coefficient (Wildman–Crippen LogP) is 4.32. The third-order valence-electron chi connectivity index (χ3n) is 5.84. The monoisotopic (exact) mass is 422 g/mol. The quantitative estimate of drug-likeness (QED) is 0.628. The second-order valence-corrected chi connectivity index (χ2v) is 10.4. The van der Waals surface area contributed by atoms with Crippen molar-refractivity contribution in [3.63, 3.8) is 0 Å². The van der Waals surface area contributed by atoms with Crippen molar-refractivity contribution < 1.29 is 13.2 Å². The summed E-state index contributed by atoms with van der Waals surface area (Å²) in [5, 5.41) is 1.73. The van der Waals surface area contributed by atoms with Gasteiger partial charge in [-0.3, -0.25) is 9.78 Å². The second-order valence-electron chi connectivity index (χ2n) is 8.19. The van der Waals surface area contributed by atoms with E-state index >= 15 is 0 Å². The third-order valence-corrected chi connectivity index (χ3v) is 8.12. The minimum Gasteiger partial charge on any atom is -0.342 e. The van der Waals surface area contributed by atoms with Crippen molar-refractivity contribution >= 4 is 26.5 Å². The molecular weight excluding hydrogens is 396 g/mol. The molecule has 0 radical (unpaired) electrons. The predicted molar refractivity (Wildman–Crippen MR) is 119 cm³/mol. The van der Waals surface area contributed by atoms with Crippen molar-refractivity contribution in [3.05, 3.63) is 60.9 Å². The number of hydrogen-bond donors (Lipinski definition) is 0. The van der Waals surface area contributed by atoms with Gasteiger partial charge >= 0.3 is 0 Å². The van der Waals surface area contributed by atoms with Crippen molar-refractivity contribution in [1.29, 1.82) is 0 Å². The van der Waals surface area contributed by atoms with Gasteiger partial charge in [0.1, 0.15) is 0 Å². The molecule has 0 bridgehead atoms. The second kappa shape index (κ2) is 8.19. The topological polar surface area (TPSA) is 67.3 Å². The Hall–Kier alpha value is -2.73. The van der Waals surface area contributed by atoms with E-state index in [2.05, 4.69) is 11.1 Å². The van der Waals surface area contributed by atoms with E-state index in [1.807, 2.05) is 50.4 Å². The zero-order valence-electron chi connectivity index (χ0n) is 17.3. The van der Waals surface area contributed by atoms with Crippen LogP contribution in [0.4, 0.5) is 0 Å². The molecule has 0 spiro atoms. The van der Waals surface area contributed by atoms with E-state index in [9.17, 15) is 13.2 Å². The molecule has 156 valence electrons. The number of carbonyl (C=O) groups is 1. The van der Waals surface area contributed by atoms with Gasteiger partial charge in [-0.25, -0.2) is 8.42 Å². The van der Waals surface area contributed by atoms with Crippen LogP contribution in [0.3, 0.4) is 0 Å². The van der Waals surface area contributed by atoms with Gasteiger partial charge in [0, 0.05) is 36.8 Å². The Kier molecular flexibility index (Phi) is 5.60. The molecule has 3 aromatic rings. The summed E-state index contributed by atoms with van der Waals surface area (Å²) in [6.45, 7) is 4.76. The molecule has 2 aromatic carbocycles. The van der Waals surface area contributed by atoms with Crippen LogP contribution in [0.1, 0.15) is 26.7 Å². The van der Waals surface area contributed by atoms with E-state index in [1.54, 1.807) is 23.2 Å². The summed E-state index contributed by atoms with van der Waals surface area (Å²) < 4.78 is 26.2. The fourth-order valence-electron chi connectivity index (χ4n) is 4.05. The fraction of sp³-hybridized carbons (Fsp3) is 0.333. The number of pyridine rings is 1. The Morgan fingerprint density at radius 1 is 0.967 bits per heavy atom. The highest BCUT2D eigenvalue weighted by atomic mass is 32.2. The zero-order chi connectivity index (χ0) is 21.3. The summed E-state index contributed by atoms with van der Waals surface area (Å²) in [4.78, 5) is 18.5. The van der Waals surface area contributed by atoms with Crippen LogP contribution in [0.2, 0.25) is 0 Å². The molecule has 0 unspecified atom stereocenters. The van der Waals surface area contributed by atoms with Crippen LogP contribution in [0.5, 0.6) is 0 Å². The Labute approximate surface area is 177 Å². The lowest BCUT2D eigenvalue weighted by atomic mass is 10.0. The summed E-state index contributed by atoms with van der Waals surface area (Å²) in [6.07, 6.45) is 4.57. The maximum absolute atomic E-state index is 13.1. The molecule has 5 nitrogen and oxygen atoms in total. The number of rotatable bonds is 4. The molecule has 0 N–H and O–H groups in total. The summed E-state index contributed by atoms with van der Waals surface area (Å²) in [7, 11) is -3.41. The zero-order valence-corrected chi connectivity index (χ0v) is 18.1. The highest BCUT2D eigenvalue weighted by Crippen LogP contribution is 2.29. The number of carbonyl (C=O) groups excluding carboxylic acids is 1. The first kappa shape index (κ1) is 20.5. The van der Waals surface area contributed by atoms with E-state index in [0.29, 0.717) is 30.8 Å². The number of hydrogen-bond acceptors (Lipinski definition) is 4. The normalized spacial score (nSPS) is 15.6. The third kappa shape index (κ3) is 3.97. The SMILES string of the molecule is CC(C)C(=O)N1CCC(S(=O)(=O)c2ccc(-c3ccc4ccncc4c3)cc2)CC1. The molecule has 0 saturated carbocycles. The molecular formula is C24H26N2O3S. The lowest BCUT2D eigenvalue weighted by Crippen LogP contribution is -2.44. The summed E-state index contributed by atoms with van der Waals surface area (Å²) in [5.74, 6) is 0.0392. The number of aromatic nitrogens is 1. The molecule has 1 aliphatic heterocycles. The lowest BCUT2D eigenvalue weighted by molar-refractivity contribution is -0.135. The Morgan fingerprint density at radius 3 is 2.30 bits per heavy atom. The molecule has 2 heterocycles. The minimum atomic E-state index is -3.41. The minimum absolute atomic E-state index is 0.0587. The number of sulfone groups is 1. The van der Waals surface area contributed by atoms with Crippen molar-refractivity contribution in [1.82, 2.24) is 9.88 Å². The van der Waals surface area contributed by atoms with Gasteiger partial charge in [0.25, 0.3) is 0 Å². The number of fused-ring (bicyclic) bond motifs is 1. The fourth-order valence-corrected chi connectivity index (χ4v) is 5.78. The summed E-state index contributed by atoms with van der Waals surface area (Å²) >= 11 is 0. The molecule has 1 fully saturated rings. The number of amides is 1. The van der Waals surface area contributed by atoms with Gasteiger partial charge in [-0.1, -0.05) is 38.1 Å². The highest BCUT2D eigenvalue weighted by Gasteiger charge is 2.33. The average molecular weight is 423 g/mol. The molecule has 0 aliphatic carbocycles. The van der Waals surface area contributed by atoms with E-state index in [0.717, 1.165) is 21.9 Å². The van der Waals surface area contributed by atoms with Crippen LogP contribution in [-0.4, -0.2) is 42.5 Å². The largest absolute Gasteiger partial charge is 0.342 e. The summed E-state index contributed by atoms with van der Waals surface area (Å²) in [6, 6.07) is 15.2. The number of piperidine rings is 1.